The van der Waals surface area contributed by atoms with Gasteiger partial charge in [0.15, 0.2) is 5.13 Å². The van der Waals surface area contributed by atoms with Crippen molar-refractivity contribution in [2.24, 2.45) is 0 Å². The zero-order chi connectivity index (χ0) is 14.4. The molecule has 1 aromatic carbocycles. The molecule has 3 rings (SSSR count). The third-order valence-corrected chi connectivity index (χ3v) is 4.74. The molecular weight excluding hydrogens is 270 g/mol. The molecule has 0 fully saturated rings. The average Bonchev–Trinajstić information content (AvgIpc) is 2.73. The lowest BCUT2D eigenvalue weighted by Crippen LogP contribution is -2.20. The number of aryl methyl sites for hydroxylation is 2. The second-order valence-electron chi connectivity index (χ2n) is 5.21. The van der Waals surface area contributed by atoms with Crippen LogP contribution < -0.4 is 11.1 Å². The highest BCUT2D eigenvalue weighted by atomic mass is 32.1. The minimum absolute atomic E-state index is 0.0989. The summed E-state index contributed by atoms with van der Waals surface area (Å²) in [5.41, 5.74) is 12.3. The Morgan fingerprint density at radius 1 is 1.25 bits per heavy atom. The third kappa shape index (κ3) is 1.98. The van der Waals surface area contributed by atoms with Crippen LogP contribution in [0.15, 0.2) is 6.07 Å². The van der Waals surface area contributed by atoms with Gasteiger partial charge >= 0.3 is 0 Å². The molecule has 0 bridgehead atoms. The van der Waals surface area contributed by atoms with E-state index in [4.69, 9.17) is 5.73 Å². The summed E-state index contributed by atoms with van der Waals surface area (Å²) < 4.78 is 0. The number of nitrogens with one attached hydrogen (secondary N) is 1. The van der Waals surface area contributed by atoms with Crippen LogP contribution in [0.2, 0.25) is 0 Å². The average molecular weight is 287 g/mol. The number of hydrogen-bond donors (Lipinski definition) is 2. The highest BCUT2D eigenvalue weighted by molar-refractivity contribution is 7.15. The predicted molar refractivity (Wildman–Crippen MR) is 83.1 cm³/mol. The van der Waals surface area contributed by atoms with Gasteiger partial charge in [-0.3, -0.25) is 4.79 Å². The number of anilines is 2. The molecule has 1 amide bonds. The van der Waals surface area contributed by atoms with Gasteiger partial charge in [-0.15, -0.1) is 11.3 Å². The van der Waals surface area contributed by atoms with Gasteiger partial charge in [0, 0.05) is 22.5 Å². The molecule has 5 heteroatoms. The van der Waals surface area contributed by atoms with Crippen molar-refractivity contribution in [2.45, 2.75) is 33.6 Å². The summed E-state index contributed by atoms with van der Waals surface area (Å²) in [6.45, 7) is 6.16. The molecule has 2 aromatic rings. The Morgan fingerprint density at radius 2 is 2.00 bits per heavy atom. The van der Waals surface area contributed by atoms with Crippen molar-refractivity contribution in [1.29, 1.82) is 0 Å². The minimum Gasteiger partial charge on any atom is -0.375 e. The first-order valence-electron chi connectivity index (χ1n) is 6.63. The van der Waals surface area contributed by atoms with E-state index in [1.54, 1.807) is 0 Å². The molecule has 20 heavy (non-hydrogen) atoms. The SMILES string of the molecule is Cc1sc(N)nc1-c1cc2c(c(C)c1C)NC(=O)CC2. The van der Waals surface area contributed by atoms with Crippen LogP contribution >= 0.6 is 11.3 Å². The van der Waals surface area contributed by atoms with E-state index in [-0.39, 0.29) is 5.91 Å². The van der Waals surface area contributed by atoms with Gasteiger partial charge in [0.2, 0.25) is 5.91 Å². The van der Waals surface area contributed by atoms with E-state index in [0.29, 0.717) is 11.6 Å². The first kappa shape index (κ1) is 13.1. The van der Waals surface area contributed by atoms with E-state index < -0.39 is 0 Å². The minimum atomic E-state index is 0.0989. The first-order valence-corrected chi connectivity index (χ1v) is 7.45. The number of nitrogens with two attached hydrogens (primary N) is 1. The molecule has 2 heterocycles. The maximum absolute atomic E-state index is 11.6. The molecule has 3 N–H and O–H groups in total. The highest BCUT2D eigenvalue weighted by Gasteiger charge is 2.21. The van der Waals surface area contributed by atoms with Crippen molar-refractivity contribution < 1.29 is 4.79 Å². The van der Waals surface area contributed by atoms with E-state index >= 15 is 0 Å². The number of thiazole rings is 1. The Balaban J connectivity index is 2.21. The fraction of sp³-hybridized carbons (Fsp3) is 0.333. The topological polar surface area (TPSA) is 68.0 Å². The van der Waals surface area contributed by atoms with E-state index in [0.717, 1.165) is 39.4 Å². The van der Waals surface area contributed by atoms with Crippen molar-refractivity contribution in [1.82, 2.24) is 4.98 Å². The van der Waals surface area contributed by atoms with Gasteiger partial charge in [-0.05, 0) is 49.9 Å². The zero-order valence-corrected chi connectivity index (χ0v) is 12.6. The van der Waals surface area contributed by atoms with Gasteiger partial charge in [0.25, 0.3) is 0 Å². The fourth-order valence-corrected chi connectivity index (χ4v) is 3.42. The monoisotopic (exact) mass is 287 g/mol. The molecule has 1 aromatic heterocycles. The summed E-state index contributed by atoms with van der Waals surface area (Å²) in [6, 6.07) is 2.15. The van der Waals surface area contributed by atoms with Crippen molar-refractivity contribution >= 4 is 28.1 Å². The number of nitrogens with zero attached hydrogens (tertiary/aromatic N) is 1. The quantitative estimate of drug-likeness (QED) is 0.846. The summed E-state index contributed by atoms with van der Waals surface area (Å²) in [4.78, 5) is 17.1. The molecule has 1 aliphatic heterocycles. The lowest BCUT2D eigenvalue weighted by atomic mass is 9.91. The molecule has 0 radical (unpaired) electrons. The summed E-state index contributed by atoms with van der Waals surface area (Å²) >= 11 is 1.51. The summed E-state index contributed by atoms with van der Waals surface area (Å²) in [5, 5.41) is 3.58. The Hall–Kier alpha value is -1.88. The van der Waals surface area contributed by atoms with Gasteiger partial charge in [0.1, 0.15) is 0 Å². The van der Waals surface area contributed by atoms with Crippen LogP contribution in [0.4, 0.5) is 10.8 Å². The van der Waals surface area contributed by atoms with Crippen molar-refractivity contribution in [3.05, 3.63) is 27.6 Å². The van der Waals surface area contributed by atoms with Crippen LogP contribution in [0.5, 0.6) is 0 Å². The van der Waals surface area contributed by atoms with Gasteiger partial charge in [0.05, 0.1) is 5.69 Å². The van der Waals surface area contributed by atoms with Crippen LogP contribution in [0.1, 0.15) is 28.0 Å². The number of rotatable bonds is 1. The van der Waals surface area contributed by atoms with Gasteiger partial charge in [-0.2, -0.15) is 0 Å². The standard InChI is InChI=1S/C15H17N3OS/c1-7-8(2)13-10(4-5-12(19)17-13)6-11(7)14-9(3)20-15(16)18-14/h6H,4-5H2,1-3H3,(H2,16,18)(H,17,19). The Labute approximate surface area is 122 Å². The maximum atomic E-state index is 11.6. The number of carbonyl (C=O) groups excluding carboxylic acids is 1. The molecule has 1 aliphatic rings. The molecule has 0 spiro atoms. The summed E-state index contributed by atoms with van der Waals surface area (Å²) in [6.07, 6.45) is 1.33. The lowest BCUT2D eigenvalue weighted by Gasteiger charge is -2.22. The number of fused-ring (bicyclic) bond motifs is 1. The number of carbonyl (C=O) groups is 1. The van der Waals surface area contributed by atoms with Crippen molar-refractivity contribution in [2.75, 3.05) is 11.1 Å². The largest absolute Gasteiger partial charge is 0.375 e. The van der Waals surface area contributed by atoms with E-state index in [2.05, 4.69) is 23.3 Å². The number of aromatic nitrogens is 1. The molecule has 104 valence electrons. The lowest BCUT2D eigenvalue weighted by molar-refractivity contribution is -0.116. The predicted octanol–water partition coefficient (Wildman–Crippen LogP) is 3.20. The molecular formula is C15H17N3OS. The van der Waals surface area contributed by atoms with Gasteiger partial charge in [-0.1, -0.05) is 0 Å². The second-order valence-corrected chi connectivity index (χ2v) is 6.45. The fourth-order valence-electron chi connectivity index (χ4n) is 2.72. The van der Waals surface area contributed by atoms with Crippen molar-refractivity contribution in [3.8, 4) is 11.3 Å². The van der Waals surface area contributed by atoms with Crippen LogP contribution in [-0.4, -0.2) is 10.9 Å². The van der Waals surface area contributed by atoms with Crippen LogP contribution in [-0.2, 0) is 11.2 Å². The smallest absolute Gasteiger partial charge is 0.224 e. The highest BCUT2D eigenvalue weighted by Crippen LogP contribution is 2.38. The molecule has 0 aliphatic carbocycles. The normalized spacial score (nSPS) is 14.1. The summed E-state index contributed by atoms with van der Waals surface area (Å²) in [5.74, 6) is 0.0989. The van der Waals surface area contributed by atoms with Gasteiger partial charge in [-0.25, -0.2) is 4.98 Å². The van der Waals surface area contributed by atoms with E-state index in [1.165, 1.54) is 16.9 Å². The van der Waals surface area contributed by atoms with Crippen LogP contribution in [0.3, 0.4) is 0 Å². The van der Waals surface area contributed by atoms with Gasteiger partial charge < -0.3 is 11.1 Å². The van der Waals surface area contributed by atoms with E-state index in [9.17, 15) is 4.79 Å². The number of amides is 1. The first-order chi connectivity index (χ1) is 9.47. The Kier molecular flexibility index (Phi) is 3.01. The molecule has 0 atom stereocenters. The Morgan fingerprint density at radius 3 is 2.65 bits per heavy atom. The molecule has 0 unspecified atom stereocenters. The zero-order valence-electron chi connectivity index (χ0n) is 11.8. The molecule has 4 nitrogen and oxygen atoms in total. The van der Waals surface area contributed by atoms with Crippen LogP contribution in [0.25, 0.3) is 11.3 Å². The number of nitrogen functional groups attached to an aromatic ring is 1. The third-order valence-electron chi connectivity index (χ3n) is 3.94. The molecule has 0 saturated heterocycles. The molecule has 0 saturated carbocycles. The Bertz CT molecular complexity index is 718. The van der Waals surface area contributed by atoms with Crippen LogP contribution in [0, 0.1) is 20.8 Å². The summed E-state index contributed by atoms with van der Waals surface area (Å²) in [7, 11) is 0. The number of benzene rings is 1. The van der Waals surface area contributed by atoms with Crippen molar-refractivity contribution in [3.63, 3.8) is 0 Å². The maximum Gasteiger partial charge on any atom is 0.224 e. The number of hydrogen-bond acceptors (Lipinski definition) is 4. The second kappa shape index (κ2) is 4.59. The van der Waals surface area contributed by atoms with E-state index in [1.807, 2.05) is 13.8 Å².